The zero-order chi connectivity index (χ0) is 7.14. The van der Waals surface area contributed by atoms with Gasteiger partial charge in [-0.25, -0.2) is 0 Å². The number of rotatable bonds is 2. The highest BCUT2D eigenvalue weighted by molar-refractivity contribution is 5.67. The lowest BCUT2D eigenvalue weighted by molar-refractivity contribution is -0.137. The molecule has 1 N–H and O–H groups in total. The molecule has 0 aromatic rings. The normalized spacial score (nSPS) is 43.0. The smallest absolute Gasteiger partial charge is 0.303 e. The maximum atomic E-state index is 10.2. The Labute approximate surface area is 59.0 Å². The Hall–Kier alpha value is -0.570. The summed E-state index contributed by atoms with van der Waals surface area (Å²) in [5, 5.41) is 8.44. The van der Waals surface area contributed by atoms with E-state index in [2.05, 4.69) is 0 Å². The van der Waals surface area contributed by atoms with Crippen molar-refractivity contribution in [3.8, 4) is 0 Å². The topological polar surface area (TPSA) is 46.5 Å². The maximum Gasteiger partial charge on any atom is 0.303 e. The van der Waals surface area contributed by atoms with E-state index in [-0.39, 0.29) is 0 Å². The van der Waals surface area contributed by atoms with Crippen molar-refractivity contribution in [2.24, 2.45) is 17.8 Å². The molecule has 2 rings (SSSR count). The average Bonchev–Trinajstić information content (AvgIpc) is 2.40. The van der Waals surface area contributed by atoms with E-state index in [1.54, 1.807) is 0 Å². The molecule has 0 radical (unpaired) electrons. The first-order valence-corrected chi connectivity index (χ1v) is 3.58. The number of aliphatic carboxylic acids is 1. The fourth-order valence-electron chi connectivity index (χ4n) is 1.86. The molecule has 1 saturated heterocycles. The summed E-state index contributed by atoms with van der Waals surface area (Å²) < 4.78 is 5.13. The Morgan fingerprint density at radius 3 is 2.60 bits per heavy atom. The van der Waals surface area contributed by atoms with Gasteiger partial charge in [0, 0.05) is 6.42 Å². The summed E-state index contributed by atoms with van der Waals surface area (Å²) in [5.74, 6) is 0.929. The van der Waals surface area contributed by atoms with Crippen molar-refractivity contribution in [3.05, 3.63) is 0 Å². The number of carboxylic acids is 1. The van der Waals surface area contributed by atoms with Gasteiger partial charge >= 0.3 is 5.97 Å². The van der Waals surface area contributed by atoms with Crippen molar-refractivity contribution in [2.45, 2.75) is 6.42 Å². The molecule has 3 nitrogen and oxygen atoms in total. The first-order valence-electron chi connectivity index (χ1n) is 3.58. The minimum Gasteiger partial charge on any atom is -0.481 e. The van der Waals surface area contributed by atoms with Crippen LogP contribution in [-0.4, -0.2) is 24.3 Å². The van der Waals surface area contributed by atoms with E-state index >= 15 is 0 Å². The van der Waals surface area contributed by atoms with Crippen LogP contribution in [0.4, 0.5) is 0 Å². The van der Waals surface area contributed by atoms with Crippen molar-refractivity contribution in [1.29, 1.82) is 0 Å². The Morgan fingerprint density at radius 1 is 1.50 bits per heavy atom. The minimum absolute atomic E-state index is 0.346. The lowest BCUT2D eigenvalue weighted by atomic mass is 10.2. The molecule has 0 aromatic carbocycles. The number of fused-ring (bicyclic) bond motifs is 1. The van der Waals surface area contributed by atoms with Crippen LogP contribution >= 0.6 is 0 Å². The summed E-state index contributed by atoms with van der Waals surface area (Å²) >= 11 is 0. The van der Waals surface area contributed by atoms with Gasteiger partial charge in [0.15, 0.2) is 0 Å². The predicted molar refractivity (Wildman–Crippen MR) is 33.5 cm³/mol. The van der Waals surface area contributed by atoms with E-state index in [4.69, 9.17) is 9.84 Å². The summed E-state index contributed by atoms with van der Waals surface area (Å²) in [6.45, 7) is 1.59. The highest BCUT2D eigenvalue weighted by Gasteiger charge is 2.54. The van der Waals surface area contributed by atoms with Crippen LogP contribution in [0.5, 0.6) is 0 Å². The summed E-state index contributed by atoms with van der Waals surface area (Å²) in [6.07, 6.45) is 0.346. The van der Waals surface area contributed by atoms with Gasteiger partial charge in [0.05, 0.1) is 13.2 Å². The van der Waals surface area contributed by atoms with E-state index in [1.807, 2.05) is 0 Å². The van der Waals surface area contributed by atoms with Gasteiger partial charge in [0.25, 0.3) is 0 Å². The molecule has 2 aliphatic rings. The molecule has 0 unspecified atom stereocenters. The second-order valence-electron chi connectivity index (χ2n) is 3.13. The number of carboxylic acid groups (broad SMARTS) is 1. The second kappa shape index (κ2) is 1.95. The van der Waals surface area contributed by atoms with Crippen molar-refractivity contribution < 1.29 is 14.6 Å². The SMILES string of the molecule is O=C(O)CC1[C@@H]2COC[C@@H]12. The van der Waals surface area contributed by atoms with E-state index in [0.29, 0.717) is 24.2 Å². The Bertz CT molecular complexity index is 156. The highest BCUT2D eigenvalue weighted by atomic mass is 16.5. The van der Waals surface area contributed by atoms with Crippen molar-refractivity contribution in [2.75, 3.05) is 13.2 Å². The molecule has 0 amide bonds. The van der Waals surface area contributed by atoms with Crippen LogP contribution in [0.1, 0.15) is 6.42 Å². The van der Waals surface area contributed by atoms with Crippen molar-refractivity contribution >= 4 is 5.97 Å². The molecule has 1 aliphatic carbocycles. The number of hydrogen-bond donors (Lipinski definition) is 1. The van der Waals surface area contributed by atoms with Crippen molar-refractivity contribution in [1.82, 2.24) is 0 Å². The van der Waals surface area contributed by atoms with Gasteiger partial charge in [-0.2, -0.15) is 0 Å². The van der Waals surface area contributed by atoms with Gasteiger partial charge in [-0.15, -0.1) is 0 Å². The molecule has 1 heterocycles. The zero-order valence-corrected chi connectivity index (χ0v) is 5.62. The molecule has 2 atom stereocenters. The van der Waals surface area contributed by atoms with Gasteiger partial charge in [-0.3, -0.25) is 4.79 Å². The van der Waals surface area contributed by atoms with E-state index < -0.39 is 5.97 Å². The lowest BCUT2D eigenvalue weighted by Gasteiger charge is -1.98. The zero-order valence-electron chi connectivity index (χ0n) is 5.62. The van der Waals surface area contributed by atoms with Crippen LogP contribution in [0, 0.1) is 17.8 Å². The minimum atomic E-state index is -0.667. The first-order chi connectivity index (χ1) is 4.79. The summed E-state index contributed by atoms with van der Waals surface area (Å²) in [7, 11) is 0. The lowest BCUT2D eigenvalue weighted by Crippen LogP contribution is -2.03. The van der Waals surface area contributed by atoms with Gasteiger partial charge in [-0.05, 0) is 17.8 Å². The number of hydrogen-bond acceptors (Lipinski definition) is 2. The molecule has 0 aromatic heterocycles. The van der Waals surface area contributed by atoms with Gasteiger partial charge in [0.1, 0.15) is 0 Å². The van der Waals surface area contributed by atoms with Crippen molar-refractivity contribution in [3.63, 3.8) is 0 Å². The Morgan fingerprint density at radius 2 is 2.10 bits per heavy atom. The van der Waals surface area contributed by atoms with E-state index in [0.717, 1.165) is 13.2 Å². The fourth-order valence-corrected chi connectivity index (χ4v) is 1.86. The maximum absolute atomic E-state index is 10.2. The number of carbonyl (C=O) groups is 1. The van der Waals surface area contributed by atoms with Gasteiger partial charge in [-0.1, -0.05) is 0 Å². The molecule has 1 saturated carbocycles. The molecular formula is C7H10O3. The summed E-state index contributed by atoms with van der Waals surface area (Å²) in [6, 6.07) is 0. The third-order valence-corrected chi connectivity index (χ3v) is 2.54. The third-order valence-electron chi connectivity index (χ3n) is 2.54. The molecule has 0 spiro atoms. The number of ether oxygens (including phenoxy) is 1. The fraction of sp³-hybridized carbons (Fsp3) is 0.857. The average molecular weight is 142 g/mol. The molecule has 56 valence electrons. The molecular weight excluding hydrogens is 132 g/mol. The van der Waals surface area contributed by atoms with Gasteiger partial charge < -0.3 is 9.84 Å². The second-order valence-corrected chi connectivity index (χ2v) is 3.13. The molecule has 3 heteroatoms. The van der Waals surface area contributed by atoms with E-state index in [1.165, 1.54) is 0 Å². The van der Waals surface area contributed by atoms with Crippen LogP contribution in [0.3, 0.4) is 0 Å². The highest BCUT2D eigenvalue weighted by Crippen LogP contribution is 2.52. The van der Waals surface area contributed by atoms with Crippen LogP contribution in [0.2, 0.25) is 0 Å². The molecule has 0 bridgehead atoms. The standard InChI is InChI=1S/C7H10O3/c8-7(9)1-4-5-2-10-3-6(4)5/h4-6H,1-3H2,(H,8,9)/t5-,6-/m0/s1. The van der Waals surface area contributed by atoms with Gasteiger partial charge in [0.2, 0.25) is 0 Å². The van der Waals surface area contributed by atoms with Crippen LogP contribution < -0.4 is 0 Å². The first kappa shape index (κ1) is 6.16. The van der Waals surface area contributed by atoms with E-state index in [9.17, 15) is 4.79 Å². The van der Waals surface area contributed by atoms with Crippen LogP contribution in [0.25, 0.3) is 0 Å². The Balaban J connectivity index is 1.84. The monoisotopic (exact) mass is 142 g/mol. The molecule has 1 aliphatic heterocycles. The molecule has 10 heavy (non-hydrogen) atoms. The quantitative estimate of drug-likeness (QED) is 0.605. The predicted octanol–water partition coefficient (Wildman–Crippen LogP) is 0.354. The molecule has 2 fully saturated rings. The van der Waals surface area contributed by atoms with Crippen LogP contribution in [-0.2, 0) is 9.53 Å². The summed E-state index contributed by atoms with van der Waals surface area (Å²) in [5.41, 5.74) is 0. The summed E-state index contributed by atoms with van der Waals surface area (Å²) in [4.78, 5) is 10.2. The largest absolute Gasteiger partial charge is 0.481 e. The third kappa shape index (κ3) is 0.814. The Kier molecular flexibility index (Phi) is 1.20. The van der Waals surface area contributed by atoms with Crippen LogP contribution in [0.15, 0.2) is 0 Å².